The van der Waals surface area contributed by atoms with Gasteiger partial charge in [0.15, 0.2) is 0 Å². The Bertz CT molecular complexity index is 193. The number of rotatable bonds is 1. The predicted octanol–water partition coefficient (Wildman–Crippen LogP) is 0.444. The molecular weight excluding hydrogens is 142 g/mol. The molecule has 11 heavy (non-hydrogen) atoms. The Hall–Kier alpha value is -0.570. The van der Waals surface area contributed by atoms with Crippen molar-refractivity contribution in [3.63, 3.8) is 0 Å². The monoisotopic (exact) mass is 155 g/mol. The molecule has 0 amide bonds. The van der Waals surface area contributed by atoms with E-state index in [0.717, 1.165) is 19.3 Å². The lowest BCUT2D eigenvalue weighted by Gasteiger charge is -2.15. The fourth-order valence-electron chi connectivity index (χ4n) is 2.77. The van der Waals surface area contributed by atoms with E-state index in [1.165, 1.54) is 0 Å². The van der Waals surface area contributed by atoms with Gasteiger partial charge in [-0.15, -0.1) is 0 Å². The number of hydrogen-bond acceptors (Lipinski definition) is 2. The molecule has 0 radical (unpaired) electrons. The van der Waals surface area contributed by atoms with Crippen LogP contribution in [0.2, 0.25) is 0 Å². The summed E-state index contributed by atoms with van der Waals surface area (Å²) in [6.45, 7) is 0. The molecule has 0 aliphatic heterocycles. The molecule has 0 spiro atoms. The number of nitrogens with two attached hydrogens (primary N) is 1. The average molecular weight is 155 g/mol. The molecule has 0 saturated heterocycles. The summed E-state index contributed by atoms with van der Waals surface area (Å²) in [5.41, 5.74) is 5.78. The van der Waals surface area contributed by atoms with Crippen LogP contribution >= 0.6 is 0 Å². The van der Waals surface area contributed by atoms with E-state index in [1.54, 1.807) is 0 Å². The van der Waals surface area contributed by atoms with Gasteiger partial charge < -0.3 is 10.8 Å². The van der Waals surface area contributed by atoms with Gasteiger partial charge in [0.2, 0.25) is 0 Å². The summed E-state index contributed by atoms with van der Waals surface area (Å²) < 4.78 is 0. The molecule has 0 heterocycles. The maximum atomic E-state index is 10.8. The summed E-state index contributed by atoms with van der Waals surface area (Å²) >= 11 is 0. The van der Waals surface area contributed by atoms with Gasteiger partial charge in [-0.25, -0.2) is 0 Å². The summed E-state index contributed by atoms with van der Waals surface area (Å²) in [6.07, 6.45) is 3.04. The van der Waals surface area contributed by atoms with Crippen molar-refractivity contribution in [2.45, 2.75) is 25.3 Å². The van der Waals surface area contributed by atoms with Gasteiger partial charge in [0.1, 0.15) is 0 Å². The van der Waals surface area contributed by atoms with Gasteiger partial charge in [0.05, 0.1) is 5.92 Å². The van der Waals surface area contributed by atoms with Gasteiger partial charge in [-0.1, -0.05) is 0 Å². The second-order valence-electron chi connectivity index (χ2n) is 3.76. The molecule has 2 rings (SSSR count). The normalized spacial score (nSPS) is 48.1. The fraction of sp³-hybridized carbons (Fsp3) is 0.875. The Labute approximate surface area is 65.6 Å². The Morgan fingerprint density at radius 2 is 2.18 bits per heavy atom. The molecule has 2 aliphatic rings. The van der Waals surface area contributed by atoms with E-state index in [0.29, 0.717) is 5.92 Å². The van der Waals surface area contributed by atoms with Crippen LogP contribution in [0.3, 0.4) is 0 Å². The molecule has 3 heteroatoms. The largest absolute Gasteiger partial charge is 0.481 e. The van der Waals surface area contributed by atoms with Crippen molar-refractivity contribution in [2.75, 3.05) is 0 Å². The topological polar surface area (TPSA) is 63.3 Å². The zero-order valence-corrected chi connectivity index (χ0v) is 6.36. The minimum absolute atomic E-state index is 0.120. The van der Waals surface area contributed by atoms with Gasteiger partial charge in [-0.2, -0.15) is 0 Å². The smallest absolute Gasteiger partial charge is 0.307 e. The quantitative estimate of drug-likeness (QED) is 0.577. The molecule has 2 aliphatic carbocycles. The predicted molar refractivity (Wildman–Crippen MR) is 39.9 cm³/mol. The molecule has 3 N–H and O–H groups in total. The van der Waals surface area contributed by atoms with E-state index in [1.807, 2.05) is 0 Å². The van der Waals surface area contributed by atoms with Crippen molar-refractivity contribution in [3.8, 4) is 0 Å². The second kappa shape index (κ2) is 2.21. The molecule has 0 aromatic heterocycles. The standard InChI is InChI=1S/C8H13NO2/c9-6-3-4-1-2-5(6)7(4)8(10)11/h4-7H,1-3,9H2,(H,10,11)/t4-,5+,6+,7+/m1/s1. The Kier molecular flexibility index (Phi) is 1.42. The molecule has 2 saturated carbocycles. The molecule has 3 nitrogen and oxygen atoms in total. The zero-order chi connectivity index (χ0) is 8.01. The molecule has 4 atom stereocenters. The van der Waals surface area contributed by atoms with Crippen LogP contribution in [-0.4, -0.2) is 17.1 Å². The minimum atomic E-state index is -0.634. The fourth-order valence-corrected chi connectivity index (χ4v) is 2.77. The Morgan fingerprint density at radius 3 is 2.45 bits per heavy atom. The lowest BCUT2D eigenvalue weighted by molar-refractivity contribution is -0.143. The molecule has 0 aromatic rings. The van der Waals surface area contributed by atoms with E-state index in [9.17, 15) is 4.79 Å². The first kappa shape index (κ1) is 7.10. The first-order chi connectivity index (χ1) is 5.20. The number of aliphatic carboxylic acids is 1. The van der Waals surface area contributed by atoms with Crippen LogP contribution in [0.15, 0.2) is 0 Å². The molecule has 2 fully saturated rings. The summed E-state index contributed by atoms with van der Waals surface area (Å²) in [5, 5.41) is 8.86. The SMILES string of the molecule is N[C@H]1C[C@H]2CC[C@@H]1[C@H]2C(=O)O. The molecule has 2 bridgehead atoms. The van der Waals surface area contributed by atoms with Crippen molar-refractivity contribution in [2.24, 2.45) is 23.5 Å². The average Bonchev–Trinajstić information content (AvgIpc) is 2.41. The summed E-state index contributed by atoms with van der Waals surface area (Å²) in [7, 11) is 0. The van der Waals surface area contributed by atoms with Crippen molar-refractivity contribution >= 4 is 5.97 Å². The first-order valence-electron chi connectivity index (χ1n) is 4.18. The van der Waals surface area contributed by atoms with Crippen molar-refractivity contribution in [1.82, 2.24) is 0 Å². The highest BCUT2D eigenvalue weighted by Crippen LogP contribution is 2.48. The lowest BCUT2D eigenvalue weighted by atomic mass is 9.95. The Balaban J connectivity index is 2.19. The molecule has 0 aromatic carbocycles. The van der Waals surface area contributed by atoms with Crippen molar-refractivity contribution < 1.29 is 9.90 Å². The molecule has 62 valence electrons. The Morgan fingerprint density at radius 1 is 1.45 bits per heavy atom. The zero-order valence-electron chi connectivity index (χ0n) is 6.36. The summed E-state index contributed by atoms with van der Waals surface area (Å²) in [6, 6.07) is 0.162. The number of carboxylic acid groups (broad SMARTS) is 1. The van der Waals surface area contributed by atoms with E-state index < -0.39 is 5.97 Å². The van der Waals surface area contributed by atoms with Gasteiger partial charge in [-0.05, 0) is 31.1 Å². The van der Waals surface area contributed by atoms with Gasteiger partial charge in [0, 0.05) is 6.04 Å². The highest BCUT2D eigenvalue weighted by Gasteiger charge is 2.50. The molecular formula is C8H13NO2. The summed E-state index contributed by atoms with van der Waals surface area (Å²) in [4.78, 5) is 10.8. The van der Waals surface area contributed by atoms with Crippen LogP contribution < -0.4 is 5.73 Å². The second-order valence-corrected chi connectivity index (χ2v) is 3.76. The van der Waals surface area contributed by atoms with Crippen LogP contribution in [0.5, 0.6) is 0 Å². The number of fused-ring (bicyclic) bond motifs is 2. The van der Waals surface area contributed by atoms with Crippen molar-refractivity contribution in [1.29, 1.82) is 0 Å². The number of carboxylic acids is 1. The van der Waals surface area contributed by atoms with Gasteiger partial charge >= 0.3 is 5.97 Å². The maximum Gasteiger partial charge on any atom is 0.307 e. The third-order valence-electron chi connectivity index (χ3n) is 3.25. The van der Waals surface area contributed by atoms with Crippen LogP contribution in [0.4, 0.5) is 0 Å². The third-order valence-corrected chi connectivity index (χ3v) is 3.25. The maximum absolute atomic E-state index is 10.8. The van der Waals surface area contributed by atoms with Crippen molar-refractivity contribution in [3.05, 3.63) is 0 Å². The van der Waals surface area contributed by atoms with Gasteiger partial charge in [0.25, 0.3) is 0 Å². The third kappa shape index (κ3) is 0.872. The lowest BCUT2D eigenvalue weighted by Crippen LogP contribution is -2.29. The van der Waals surface area contributed by atoms with E-state index in [2.05, 4.69) is 0 Å². The van der Waals surface area contributed by atoms with Crippen LogP contribution in [0.1, 0.15) is 19.3 Å². The highest BCUT2D eigenvalue weighted by molar-refractivity contribution is 5.72. The van der Waals surface area contributed by atoms with E-state index in [4.69, 9.17) is 10.8 Å². The first-order valence-corrected chi connectivity index (χ1v) is 4.18. The van der Waals surface area contributed by atoms with Gasteiger partial charge in [-0.3, -0.25) is 4.79 Å². The van der Waals surface area contributed by atoms with Crippen LogP contribution in [0, 0.1) is 17.8 Å². The summed E-state index contributed by atoms with van der Waals surface area (Å²) in [5.74, 6) is -0.0968. The van der Waals surface area contributed by atoms with Crippen LogP contribution in [-0.2, 0) is 4.79 Å². The highest BCUT2D eigenvalue weighted by atomic mass is 16.4. The minimum Gasteiger partial charge on any atom is -0.481 e. The molecule has 0 unspecified atom stereocenters. The number of carbonyl (C=O) groups is 1. The van der Waals surface area contributed by atoms with Crippen LogP contribution in [0.25, 0.3) is 0 Å². The van der Waals surface area contributed by atoms with E-state index >= 15 is 0 Å². The van der Waals surface area contributed by atoms with E-state index in [-0.39, 0.29) is 17.9 Å². The number of hydrogen-bond donors (Lipinski definition) is 2.